The third-order valence-electron chi connectivity index (χ3n) is 1.43. The molecule has 70 valence electrons. The minimum absolute atomic E-state index is 0. The van der Waals surface area contributed by atoms with Crippen LogP contribution in [-0.2, 0) is 4.57 Å². The van der Waals surface area contributed by atoms with Crippen LogP contribution in [0.25, 0.3) is 0 Å². The third kappa shape index (κ3) is 3.69. The fourth-order valence-electron chi connectivity index (χ4n) is 0.787. The predicted octanol–water partition coefficient (Wildman–Crippen LogP) is -1.46. The Morgan fingerprint density at radius 3 is 1.93 bits per heavy atom. The molecule has 0 spiro atoms. The van der Waals surface area contributed by atoms with Gasteiger partial charge in [0.25, 0.3) is 0 Å². The van der Waals surface area contributed by atoms with Gasteiger partial charge in [-0.1, -0.05) is 12.1 Å². The summed E-state index contributed by atoms with van der Waals surface area (Å²) in [6, 6.07) is 4.09. The Labute approximate surface area is 110 Å². The number of carboxylic acid groups (broad SMARTS) is 1. The Hall–Kier alpha value is 0.0997. The summed E-state index contributed by atoms with van der Waals surface area (Å²) in [5.74, 6) is -1.17. The van der Waals surface area contributed by atoms with E-state index in [1.54, 1.807) is 0 Å². The molecule has 0 heterocycles. The largest absolute Gasteiger partial charge is 2.00 e. The summed E-state index contributed by atoms with van der Waals surface area (Å²) in [5, 5.41) is 8.05. The minimum Gasteiger partial charge on any atom is -0.807 e. The van der Waals surface area contributed by atoms with Crippen molar-refractivity contribution in [3.8, 4) is 0 Å². The molecule has 0 radical (unpaired) electrons. The van der Waals surface area contributed by atoms with Crippen molar-refractivity contribution >= 4 is 56.6 Å². The van der Waals surface area contributed by atoms with Gasteiger partial charge in [0, 0.05) is 0 Å². The van der Waals surface area contributed by atoms with Crippen LogP contribution in [0.4, 0.5) is 0 Å². The smallest absolute Gasteiger partial charge is 0.807 e. The number of carboxylic acids is 1. The second kappa shape index (κ2) is 5.26. The van der Waals surface area contributed by atoms with Gasteiger partial charge in [-0.05, 0) is 25.0 Å². The molecule has 0 aliphatic rings. The average Bonchev–Trinajstić information content (AvgIpc) is 2.03. The molecule has 0 saturated heterocycles. The normalized spacial score (nSPS) is 10.4. The van der Waals surface area contributed by atoms with Crippen LogP contribution in [-0.4, -0.2) is 48.8 Å². The maximum absolute atomic E-state index is 10.4. The van der Waals surface area contributed by atoms with Gasteiger partial charge < -0.3 is 19.5 Å². The van der Waals surface area contributed by atoms with E-state index in [1.807, 2.05) is 0 Å². The first-order valence-electron chi connectivity index (χ1n) is 3.27. The minimum atomic E-state index is -4.76. The van der Waals surface area contributed by atoms with E-state index < -0.39 is 18.9 Å². The maximum Gasteiger partial charge on any atom is 2.00 e. The van der Waals surface area contributed by atoms with Gasteiger partial charge in [0.15, 0.2) is 0 Å². The van der Waals surface area contributed by atoms with Crippen molar-refractivity contribution < 1.29 is 24.3 Å². The SMILES string of the molecule is O=C(O)c1ccc(P(=O)([O-])[O-])cc1.[Ca+2]. The van der Waals surface area contributed by atoms with Crippen molar-refractivity contribution in [3.63, 3.8) is 0 Å². The van der Waals surface area contributed by atoms with Crippen LogP contribution in [0.2, 0.25) is 0 Å². The number of carbonyl (C=O) groups is 1. The average molecular weight is 240 g/mol. The molecule has 1 aromatic carbocycles. The van der Waals surface area contributed by atoms with Crippen LogP contribution < -0.4 is 15.1 Å². The molecule has 0 aliphatic heterocycles. The van der Waals surface area contributed by atoms with Crippen molar-refractivity contribution in [2.24, 2.45) is 0 Å². The van der Waals surface area contributed by atoms with Gasteiger partial charge >= 0.3 is 43.7 Å². The Morgan fingerprint density at radius 2 is 1.64 bits per heavy atom. The van der Waals surface area contributed by atoms with Gasteiger partial charge in [-0.2, -0.15) is 0 Å². The van der Waals surface area contributed by atoms with Gasteiger partial charge in [0.05, 0.1) is 5.56 Å². The molecule has 1 N–H and O–H groups in total. The summed E-state index contributed by atoms with van der Waals surface area (Å²) in [6.45, 7) is 0. The molecule has 0 aliphatic carbocycles. The third-order valence-corrected chi connectivity index (χ3v) is 2.36. The first-order valence-corrected chi connectivity index (χ1v) is 4.81. The Balaban J connectivity index is 0.00000169. The zero-order valence-electron chi connectivity index (χ0n) is 7.04. The number of hydrogen-bond donors (Lipinski definition) is 1. The summed E-state index contributed by atoms with van der Waals surface area (Å²) >= 11 is 0. The molecule has 14 heavy (non-hydrogen) atoms. The summed E-state index contributed by atoms with van der Waals surface area (Å²) < 4.78 is 10.4. The molecule has 0 bridgehead atoms. The van der Waals surface area contributed by atoms with E-state index in [-0.39, 0.29) is 43.3 Å². The predicted molar refractivity (Wildman–Crippen MR) is 46.4 cm³/mol. The molecular formula is C7H5CaO5P. The number of benzene rings is 1. The van der Waals surface area contributed by atoms with Crippen LogP contribution in [0.5, 0.6) is 0 Å². The van der Waals surface area contributed by atoms with Crippen LogP contribution in [0.1, 0.15) is 10.4 Å². The molecule has 0 unspecified atom stereocenters. The fraction of sp³-hybridized carbons (Fsp3) is 0. The molecule has 0 saturated carbocycles. The number of rotatable bonds is 2. The van der Waals surface area contributed by atoms with Gasteiger partial charge in [-0.15, -0.1) is 0 Å². The first-order chi connectivity index (χ1) is 5.91. The molecule has 0 amide bonds. The van der Waals surface area contributed by atoms with E-state index in [1.165, 1.54) is 0 Å². The van der Waals surface area contributed by atoms with E-state index in [0.29, 0.717) is 0 Å². The molecule has 1 aromatic rings. The van der Waals surface area contributed by atoms with E-state index in [0.717, 1.165) is 24.3 Å². The number of aromatic carboxylic acids is 1. The molecule has 0 atom stereocenters. The van der Waals surface area contributed by atoms with Crippen molar-refractivity contribution in [2.45, 2.75) is 0 Å². The summed E-state index contributed by atoms with van der Waals surface area (Å²) in [6.07, 6.45) is 0. The number of hydrogen-bond acceptors (Lipinski definition) is 4. The van der Waals surface area contributed by atoms with Crippen molar-refractivity contribution in [1.82, 2.24) is 0 Å². The first kappa shape index (κ1) is 14.1. The second-order valence-corrected chi connectivity index (χ2v) is 3.86. The molecule has 5 nitrogen and oxygen atoms in total. The van der Waals surface area contributed by atoms with Gasteiger partial charge in [-0.25, -0.2) is 4.79 Å². The zero-order chi connectivity index (χ0) is 10.1. The van der Waals surface area contributed by atoms with E-state index >= 15 is 0 Å². The Kier molecular flexibility index (Phi) is 5.29. The molecule has 7 heteroatoms. The summed E-state index contributed by atoms with van der Waals surface area (Å²) in [4.78, 5) is 31.2. The fourth-order valence-corrected chi connectivity index (χ4v) is 1.30. The van der Waals surface area contributed by atoms with Gasteiger partial charge in [-0.3, -0.25) is 0 Å². The van der Waals surface area contributed by atoms with E-state index in [2.05, 4.69) is 0 Å². The van der Waals surface area contributed by atoms with Gasteiger partial charge in [0.2, 0.25) is 0 Å². The molecule has 0 fully saturated rings. The Bertz CT molecular complexity index is 368. The van der Waals surface area contributed by atoms with Crippen LogP contribution >= 0.6 is 7.60 Å². The second-order valence-electron chi connectivity index (χ2n) is 2.35. The van der Waals surface area contributed by atoms with E-state index in [9.17, 15) is 19.1 Å². The van der Waals surface area contributed by atoms with Crippen molar-refractivity contribution in [3.05, 3.63) is 29.8 Å². The molecule has 0 aromatic heterocycles. The monoisotopic (exact) mass is 240 g/mol. The zero-order valence-corrected chi connectivity index (χ0v) is 10.1. The van der Waals surface area contributed by atoms with Crippen molar-refractivity contribution in [2.75, 3.05) is 0 Å². The summed E-state index contributed by atoms with van der Waals surface area (Å²) in [7, 11) is -4.76. The topological polar surface area (TPSA) is 100 Å². The van der Waals surface area contributed by atoms with Crippen molar-refractivity contribution in [1.29, 1.82) is 0 Å². The molecule has 1 rings (SSSR count). The maximum atomic E-state index is 10.4. The summed E-state index contributed by atoms with van der Waals surface area (Å²) in [5.41, 5.74) is -0.0581. The van der Waals surface area contributed by atoms with Crippen LogP contribution in [0.3, 0.4) is 0 Å². The quantitative estimate of drug-likeness (QED) is 0.503. The standard InChI is InChI=1S/C7H7O5P.Ca/c8-7(9)5-1-3-6(4-2-5)13(10,11)12;/h1-4H,(H,8,9)(H2,10,11,12);/q;+2/p-2. The van der Waals surface area contributed by atoms with Gasteiger partial charge in [0.1, 0.15) is 0 Å². The van der Waals surface area contributed by atoms with E-state index in [4.69, 9.17) is 5.11 Å². The Morgan fingerprint density at radius 1 is 1.21 bits per heavy atom. The van der Waals surface area contributed by atoms with Crippen LogP contribution in [0, 0.1) is 0 Å². The van der Waals surface area contributed by atoms with Crippen LogP contribution in [0.15, 0.2) is 24.3 Å². The molecular weight excluding hydrogens is 235 g/mol.